The molecule has 2 saturated heterocycles. The van der Waals surface area contributed by atoms with Gasteiger partial charge in [-0.25, -0.2) is 9.59 Å². The van der Waals surface area contributed by atoms with Gasteiger partial charge in [0, 0.05) is 12.8 Å². The molecular formula is C16H18O6. The molecule has 2 aliphatic heterocycles. The van der Waals surface area contributed by atoms with E-state index in [1.807, 2.05) is 0 Å². The highest BCUT2D eigenvalue weighted by molar-refractivity contribution is 5.98. The number of hydrogen-bond acceptors (Lipinski definition) is 4. The van der Waals surface area contributed by atoms with Crippen LogP contribution in [0, 0.1) is 13.8 Å². The van der Waals surface area contributed by atoms with Gasteiger partial charge < -0.3 is 19.7 Å². The van der Waals surface area contributed by atoms with Gasteiger partial charge in [0.1, 0.15) is 0 Å². The molecule has 2 aliphatic rings. The van der Waals surface area contributed by atoms with Crippen molar-refractivity contribution in [1.82, 2.24) is 0 Å². The van der Waals surface area contributed by atoms with Gasteiger partial charge in [-0.3, -0.25) is 0 Å². The minimum Gasteiger partial charge on any atom is -0.478 e. The minimum absolute atomic E-state index is 0.00817. The number of epoxide rings is 2. The standard InChI is InChI=1S/C16H18O6/c1-7-11(3-9-5-21-9)14(16(19)20)12(4-10-6-22-10)8(2)13(7)15(17)18/h9-10H,3-6H2,1-2H3,(H,17,18)(H,19,20). The van der Waals surface area contributed by atoms with Crippen LogP contribution >= 0.6 is 0 Å². The number of carboxylic acids is 2. The van der Waals surface area contributed by atoms with Crippen LogP contribution in [0.2, 0.25) is 0 Å². The Morgan fingerprint density at radius 1 is 0.909 bits per heavy atom. The van der Waals surface area contributed by atoms with Crippen molar-refractivity contribution in [2.24, 2.45) is 0 Å². The summed E-state index contributed by atoms with van der Waals surface area (Å²) in [6, 6.07) is 0. The molecule has 0 amide bonds. The number of aromatic carboxylic acids is 2. The van der Waals surface area contributed by atoms with Gasteiger partial charge in [-0.2, -0.15) is 0 Å². The van der Waals surface area contributed by atoms with Crippen molar-refractivity contribution in [3.63, 3.8) is 0 Å². The topological polar surface area (TPSA) is 99.7 Å². The van der Waals surface area contributed by atoms with E-state index in [0.29, 0.717) is 48.3 Å². The van der Waals surface area contributed by atoms with E-state index in [9.17, 15) is 19.8 Å². The van der Waals surface area contributed by atoms with E-state index in [2.05, 4.69) is 0 Å². The number of rotatable bonds is 6. The number of ether oxygens (including phenoxy) is 2. The van der Waals surface area contributed by atoms with E-state index in [4.69, 9.17) is 9.47 Å². The molecule has 2 N–H and O–H groups in total. The fraction of sp³-hybridized carbons (Fsp3) is 0.500. The van der Waals surface area contributed by atoms with Crippen LogP contribution in [0.1, 0.15) is 43.0 Å². The molecule has 6 nitrogen and oxygen atoms in total. The zero-order valence-corrected chi connectivity index (χ0v) is 12.5. The first-order valence-electron chi connectivity index (χ1n) is 7.24. The summed E-state index contributed by atoms with van der Waals surface area (Å²) in [5.74, 6) is -2.04. The lowest BCUT2D eigenvalue weighted by molar-refractivity contribution is 0.0677. The molecule has 0 radical (unpaired) electrons. The molecule has 1 aromatic carbocycles. The third-order valence-corrected chi connectivity index (χ3v) is 4.35. The smallest absolute Gasteiger partial charge is 0.336 e. The van der Waals surface area contributed by atoms with E-state index < -0.39 is 11.9 Å². The third kappa shape index (κ3) is 2.71. The highest BCUT2D eigenvalue weighted by Crippen LogP contribution is 2.33. The normalized spacial score (nSPS) is 22.5. The zero-order valence-electron chi connectivity index (χ0n) is 12.5. The van der Waals surface area contributed by atoms with Crippen molar-refractivity contribution < 1.29 is 29.3 Å². The van der Waals surface area contributed by atoms with Crippen molar-refractivity contribution >= 4 is 11.9 Å². The van der Waals surface area contributed by atoms with Crippen molar-refractivity contribution in [3.05, 3.63) is 33.4 Å². The van der Waals surface area contributed by atoms with Gasteiger partial charge in [-0.05, 0) is 36.1 Å². The van der Waals surface area contributed by atoms with Gasteiger partial charge in [0.15, 0.2) is 0 Å². The van der Waals surface area contributed by atoms with Crippen LogP contribution in [-0.2, 0) is 22.3 Å². The zero-order chi connectivity index (χ0) is 16.0. The van der Waals surface area contributed by atoms with E-state index in [0.717, 1.165) is 0 Å². The van der Waals surface area contributed by atoms with Crippen molar-refractivity contribution in [2.75, 3.05) is 13.2 Å². The van der Waals surface area contributed by atoms with E-state index in [-0.39, 0.29) is 23.3 Å². The van der Waals surface area contributed by atoms with Crippen LogP contribution in [0.15, 0.2) is 0 Å². The average Bonchev–Trinajstić information content (AvgIpc) is 3.30. The Kier molecular flexibility index (Phi) is 3.66. The average molecular weight is 306 g/mol. The van der Waals surface area contributed by atoms with Crippen molar-refractivity contribution in [1.29, 1.82) is 0 Å². The maximum atomic E-state index is 11.8. The lowest BCUT2D eigenvalue weighted by atomic mass is 9.84. The Balaban J connectivity index is 2.21. The molecule has 3 rings (SSSR count). The van der Waals surface area contributed by atoms with Crippen molar-refractivity contribution in [2.45, 2.75) is 38.9 Å². The highest BCUT2D eigenvalue weighted by atomic mass is 16.6. The van der Waals surface area contributed by atoms with Gasteiger partial charge >= 0.3 is 11.9 Å². The first kappa shape index (κ1) is 15.0. The first-order valence-corrected chi connectivity index (χ1v) is 7.24. The van der Waals surface area contributed by atoms with Crippen molar-refractivity contribution in [3.8, 4) is 0 Å². The monoisotopic (exact) mass is 306 g/mol. The summed E-state index contributed by atoms with van der Waals surface area (Å²) in [5, 5.41) is 19.2. The second-order valence-corrected chi connectivity index (χ2v) is 5.89. The molecule has 0 spiro atoms. The second-order valence-electron chi connectivity index (χ2n) is 5.89. The maximum absolute atomic E-state index is 11.8. The molecule has 2 fully saturated rings. The van der Waals surface area contributed by atoms with Gasteiger partial charge in [-0.15, -0.1) is 0 Å². The third-order valence-electron chi connectivity index (χ3n) is 4.35. The Morgan fingerprint density at radius 3 is 1.55 bits per heavy atom. The van der Waals surface area contributed by atoms with Gasteiger partial charge in [0.05, 0.1) is 36.5 Å². The number of hydrogen-bond donors (Lipinski definition) is 2. The SMILES string of the molecule is Cc1c(CC2CO2)c(C(=O)O)c(CC2CO2)c(C)c1C(=O)O. The summed E-state index contributed by atoms with van der Waals surface area (Å²) in [6.45, 7) is 4.54. The molecule has 0 bridgehead atoms. The van der Waals surface area contributed by atoms with Crippen LogP contribution in [0.3, 0.4) is 0 Å². The van der Waals surface area contributed by atoms with Crippen LogP contribution in [-0.4, -0.2) is 47.6 Å². The molecule has 0 aliphatic carbocycles. The number of carbonyl (C=O) groups is 2. The van der Waals surface area contributed by atoms with Crippen LogP contribution in [0.4, 0.5) is 0 Å². The quantitative estimate of drug-likeness (QED) is 0.774. The van der Waals surface area contributed by atoms with E-state index in [1.54, 1.807) is 13.8 Å². The Labute approximate surface area is 127 Å². The summed E-state index contributed by atoms with van der Waals surface area (Å²) >= 11 is 0. The van der Waals surface area contributed by atoms with E-state index >= 15 is 0 Å². The predicted octanol–water partition coefficient (Wildman–Crippen LogP) is 1.58. The number of carboxylic acid groups (broad SMARTS) is 2. The first-order chi connectivity index (χ1) is 10.4. The molecular weight excluding hydrogens is 288 g/mol. The fourth-order valence-corrected chi connectivity index (χ4v) is 3.06. The Bertz CT molecular complexity index is 614. The molecule has 6 heteroatoms. The van der Waals surface area contributed by atoms with Gasteiger partial charge in [0.2, 0.25) is 0 Å². The molecule has 118 valence electrons. The summed E-state index contributed by atoms with van der Waals surface area (Å²) < 4.78 is 10.4. The van der Waals surface area contributed by atoms with Crippen LogP contribution < -0.4 is 0 Å². The van der Waals surface area contributed by atoms with Crippen LogP contribution in [0.25, 0.3) is 0 Å². The molecule has 2 heterocycles. The molecule has 1 aromatic rings. The summed E-state index contributed by atoms with van der Waals surface area (Å²) in [5.41, 5.74) is 2.64. The largest absolute Gasteiger partial charge is 0.478 e. The lowest BCUT2D eigenvalue weighted by Crippen LogP contribution is -2.19. The molecule has 0 saturated carbocycles. The lowest BCUT2D eigenvalue weighted by Gasteiger charge is -2.19. The van der Waals surface area contributed by atoms with Crippen LogP contribution in [0.5, 0.6) is 0 Å². The van der Waals surface area contributed by atoms with Gasteiger partial charge in [0.25, 0.3) is 0 Å². The fourth-order valence-electron chi connectivity index (χ4n) is 3.06. The Morgan fingerprint density at radius 2 is 1.27 bits per heavy atom. The summed E-state index contributed by atoms with van der Waals surface area (Å²) in [7, 11) is 0. The Hall–Kier alpha value is -1.92. The minimum atomic E-state index is -1.03. The summed E-state index contributed by atoms with van der Waals surface area (Å²) in [6.07, 6.45) is 0.858. The molecule has 22 heavy (non-hydrogen) atoms. The molecule has 2 unspecified atom stereocenters. The molecule has 2 atom stereocenters. The number of benzene rings is 1. The predicted molar refractivity (Wildman–Crippen MR) is 76.7 cm³/mol. The second kappa shape index (κ2) is 5.37. The van der Waals surface area contributed by atoms with E-state index in [1.165, 1.54) is 0 Å². The summed E-state index contributed by atoms with van der Waals surface area (Å²) in [4.78, 5) is 23.4. The van der Waals surface area contributed by atoms with Gasteiger partial charge in [-0.1, -0.05) is 0 Å². The molecule has 0 aromatic heterocycles. The highest BCUT2D eigenvalue weighted by Gasteiger charge is 2.33. The maximum Gasteiger partial charge on any atom is 0.336 e.